The summed E-state index contributed by atoms with van der Waals surface area (Å²) in [6.07, 6.45) is 6.91. The first kappa shape index (κ1) is 10.0. The Kier molecular flexibility index (Phi) is 4.02. The highest BCUT2D eigenvalue weighted by molar-refractivity contribution is 4.77. The lowest BCUT2D eigenvalue weighted by Gasteiger charge is -2.31. The standard InChI is InChI=1S/C10H22N2/c1-3-9-4-6-10(7-5-9)8(2)12-11/h8-10,12H,3-7,11H2,1-2H3. The highest BCUT2D eigenvalue weighted by Gasteiger charge is 2.23. The van der Waals surface area contributed by atoms with Gasteiger partial charge in [0.25, 0.3) is 0 Å². The van der Waals surface area contributed by atoms with Gasteiger partial charge in [0.15, 0.2) is 0 Å². The molecule has 0 heterocycles. The van der Waals surface area contributed by atoms with Crippen LogP contribution in [-0.2, 0) is 0 Å². The molecule has 72 valence electrons. The van der Waals surface area contributed by atoms with E-state index in [4.69, 9.17) is 5.84 Å². The molecule has 1 atom stereocenters. The van der Waals surface area contributed by atoms with Gasteiger partial charge in [-0.1, -0.05) is 26.2 Å². The Morgan fingerprint density at radius 2 is 1.92 bits per heavy atom. The molecule has 1 saturated carbocycles. The minimum absolute atomic E-state index is 0.503. The number of nitrogens with two attached hydrogens (primary N) is 1. The van der Waals surface area contributed by atoms with E-state index >= 15 is 0 Å². The average Bonchev–Trinajstić information content (AvgIpc) is 2.17. The predicted octanol–water partition coefficient (Wildman–Crippen LogP) is 2.05. The molecule has 2 nitrogen and oxygen atoms in total. The van der Waals surface area contributed by atoms with Gasteiger partial charge in [0, 0.05) is 6.04 Å². The van der Waals surface area contributed by atoms with Crippen LogP contribution in [0.15, 0.2) is 0 Å². The van der Waals surface area contributed by atoms with E-state index in [1.54, 1.807) is 0 Å². The molecule has 0 aliphatic heterocycles. The first-order valence-corrected chi connectivity index (χ1v) is 5.24. The first-order chi connectivity index (χ1) is 5.77. The van der Waals surface area contributed by atoms with E-state index < -0.39 is 0 Å². The summed E-state index contributed by atoms with van der Waals surface area (Å²) in [6.45, 7) is 4.49. The fourth-order valence-corrected chi connectivity index (χ4v) is 2.23. The van der Waals surface area contributed by atoms with Crippen molar-refractivity contribution >= 4 is 0 Å². The van der Waals surface area contributed by atoms with Crippen molar-refractivity contribution in [2.24, 2.45) is 17.7 Å². The zero-order valence-corrected chi connectivity index (χ0v) is 8.34. The van der Waals surface area contributed by atoms with Crippen LogP contribution in [0.3, 0.4) is 0 Å². The van der Waals surface area contributed by atoms with Crippen molar-refractivity contribution in [3.8, 4) is 0 Å². The molecule has 0 aromatic heterocycles. The number of hydrazine groups is 1. The molecule has 0 amide bonds. The summed E-state index contributed by atoms with van der Waals surface area (Å²) in [5, 5.41) is 0. The number of rotatable bonds is 3. The van der Waals surface area contributed by atoms with E-state index in [0.29, 0.717) is 6.04 Å². The van der Waals surface area contributed by atoms with Crippen LogP contribution >= 0.6 is 0 Å². The van der Waals surface area contributed by atoms with Crippen LogP contribution in [0.4, 0.5) is 0 Å². The molecule has 0 saturated heterocycles. The van der Waals surface area contributed by atoms with Gasteiger partial charge in [0.1, 0.15) is 0 Å². The fourth-order valence-electron chi connectivity index (χ4n) is 2.23. The summed E-state index contributed by atoms with van der Waals surface area (Å²) in [6, 6.07) is 0.503. The summed E-state index contributed by atoms with van der Waals surface area (Å²) in [5.41, 5.74) is 2.87. The normalized spacial score (nSPS) is 33.2. The van der Waals surface area contributed by atoms with Gasteiger partial charge < -0.3 is 0 Å². The Morgan fingerprint density at radius 1 is 1.33 bits per heavy atom. The summed E-state index contributed by atoms with van der Waals surface area (Å²) in [7, 11) is 0. The highest BCUT2D eigenvalue weighted by Crippen LogP contribution is 2.31. The van der Waals surface area contributed by atoms with Gasteiger partial charge in [-0.3, -0.25) is 11.3 Å². The fraction of sp³-hybridized carbons (Fsp3) is 1.00. The summed E-state index contributed by atoms with van der Waals surface area (Å²) in [5.74, 6) is 7.23. The molecule has 1 rings (SSSR count). The van der Waals surface area contributed by atoms with Crippen LogP contribution < -0.4 is 11.3 Å². The van der Waals surface area contributed by atoms with Crippen LogP contribution in [0.5, 0.6) is 0 Å². The van der Waals surface area contributed by atoms with E-state index in [1.165, 1.54) is 32.1 Å². The maximum Gasteiger partial charge on any atom is 0.0210 e. The largest absolute Gasteiger partial charge is 0.271 e. The number of nitrogens with one attached hydrogen (secondary N) is 1. The molecular weight excluding hydrogens is 148 g/mol. The monoisotopic (exact) mass is 170 g/mol. The molecule has 0 aromatic carbocycles. The van der Waals surface area contributed by atoms with Crippen molar-refractivity contribution in [1.29, 1.82) is 0 Å². The molecule has 1 unspecified atom stereocenters. The van der Waals surface area contributed by atoms with E-state index in [2.05, 4.69) is 19.3 Å². The summed E-state index contributed by atoms with van der Waals surface area (Å²) < 4.78 is 0. The summed E-state index contributed by atoms with van der Waals surface area (Å²) in [4.78, 5) is 0. The Balaban J connectivity index is 2.25. The van der Waals surface area contributed by atoms with E-state index in [-0.39, 0.29) is 0 Å². The SMILES string of the molecule is CCC1CCC(C(C)NN)CC1. The molecule has 0 spiro atoms. The third-order valence-electron chi connectivity index (χ3n) is 3.44. The average molecular weight is 170 g/mol. The Morgan fingerprint density at radius 3 is 2.33 bits per heavy atom. The van der Waals surface area contributed by atoms with Gasteiger partial charge in [-0.05, 0) is 31.6 Å². The topological polar surface area (TPSA) is 38.0 Å². The third kappa shape index (κ3) is 2.46. The lowest BCUT2D eigenvalue weighted by atomic mass is 9.78. The lowest BCUT2D eigenvalue weighted by molar-refractivity contribution is 0.226. The van der Waals surface area contributed by atoms with Crippen LogP contribution in [0, 0.1) is 11.8 Å². The van der Waals surface area contributed by atoms with Crippen molar-refractivity contribution in [3.63, 3.8) is 0 Å². The first-order valence-electron chi connectivity index (χ1n) is 5.24. The molecule has 1 aliphatic rings. The molecule has 2 heteroatoms. The molecule has 3 N–H and O–H groups in total. The minimum atomic E-state index is 0.503. The van der Waals surface area contributed by atoms with Gasteiger partial charge in [0.05, 0.1) is 0 Å². The second kappa shape index (κ2) is 4.83. The maximum atomic E-state index is 5.42. The van der Waals surface area contributed by atoms with Crippen LogP contribution in [0.25, 0.3) is 0 Å². The zero-order valence-electron chi connectivity index (χ0n) is 8.34. The van der Waals surface area contributed by atoms with Crippen molar-refractivity contribution in [3.05, 3.63) is 0 Å². The Bertz CT molecular complexity index is 117. The molecule has 0 bridgehead atoms. The molecule has 1 fully saturated rings. The van der Waals surface area contributed by atoms with Crippen molar-refractivity contribution in [2.75, 3.05) is 0 Å². The van der Waals surface area contributed by atoms with Gasteiger partial charge in [-0.2, -0.15) is 0 Å². The molecule has 0 radical (unpaired) electrons. The van der Waals surface area contributed by atoms with Crippen molar-refractivity contribution < 1.29 is 0 Å². The minimum Gasteiger partial charge on any atom is -0.271 e. The van der Waals surface area contributed by atoms with Gasteiger partial charge in [-0.25, -0.2) is 0 Å². The Hall–Kier alpha value is -0.0800. The zero-order chi connectivity index (χ0) is 8.97. The highest BCUT2D eigenvalue weighted by atomic mass is 15.2. The van der Waals surface area contributed by atoms with E-state index in [1.807, 2.05) is 0 Å². The van der Waals surface area contributed by atoms with Crippen LogP contribution in [-0.4, -0.2) is 6.04 Å². The van der Waals surface area contributed by atoms with Crippen LogP contribution in [0.2, 0.25) is 0 Å². The van der Waals surface area contributed by atoms with Crippen LogP contribution in [0.1, 0.15) is 46.0 Å². The second-order valence-electron chi connectivity index (χ2n) is 4.14. The smallest absolute Gasteiger partial charge is 0.0210 e. The van der Waals surface area contributed by atoms with E-state index in [0.717, 1.165) is 11.8 Å². The third-order valence-corrected chi connectivity index (χ3v) is 3.44. The Labute approximate surface area is 75.9 Å². The quantitative estimate of drug-likeness (QED) is 0.502. The van der Waals surface area contributed by atoms with Gasteiger partial charge >= 0.3 is 0 Å². The van der Waals surface area contributed by atoms with Gasteiger partial charge in [0.2, 0.25) is 0 Å². The lowest BCUT2D eigenvalue weighted by Crippen LogP contribution is -2.39. The van der Waals surface area contributed by atoms with Gasteiger partial charge in [-0.15, -0.1) is 0 Å². The molecule has 0 aromatic rings. The predicted molar refractivity (Wildman–Crippen MR) is 52.5 cm³/mol. The molecule has 12 heavy (non-hydrogen) atoms. The number of hydrogen-bond acceptors (Lipinski definition) is 2. The second-order valence-corrected chi connectivity index (χ2v) is 4.14. The molecule has 1 aliphatic carbocycles. The van der Waals surface area contributed by atoms with Crippen molar-refractivity contribution in [2.45, 2.75) is 52.0 Å². The number of hydrogen-bond donors (Lipinski definition) is 2. The molecular formula is C10H22N2. The maximum absolute atomic E-state index is 5.42. The van der Waals surface area contributed by atoms with E-state index in [9.17, 15) is 0 Å². The van der Waals surface area contributed by atoms with Crippen molar-refractivity contribution in [1.82, 2.24) is 5.43 Å². The summed E-state index contributed by atoms with van der Waals surface area (Å²) >= 11 is 0.